The van der Waals surface area contributed by atoms with Crippen LogP contribution in [0.1, 0.15) is 42.1 Å². The Bertz CT molecular complexity index is 1110. The topological polar surface area (TPSA) is 95.0 Å². The van der Waals surface area contributed by atoms with Gasteiger partial charge >= 0.3 is 0 Å². The summed E-state index contributed by atoms with van der Waals surface area (Å²) in [4.78, 5) is 18.2. The van der Waals surface area contributed by atoms with Gasteiger partial charge in [0, 0.05) is 54.6 Å². The molecule has 2 aliphatic rings. The molecule has 2 atom stereocenters. The van der Waals surface area contributed by atoms with Crippen molar-refractivity contribution in [1.29, 1.82) is 5.26 Å². The molecule has 1 aromatic heterocycles. The maximum Gasteiger partial charge on any atom is 0.258 e. The van der Waals surface area contributed by atoms with E-state index in [9.17, 15) is 10.1 Å². The third-order valence-corrected chi connectivity index (χ3v) is 6.77. The second kappa shape index (κ2) is 6.85. The number of nitrogen functional groups attached to an aromatic ring is 1. The van der Waals surface area contributed by atoms with Crippen molar-refractivity contribution in [1.82, 2.24) is 9.88 Å². The number of nitrogens with one attached hydrogen (secondary N) is 1. The number of hydrogen-bond donors (Lipinski definition) is 2. The number of nitrogens with two attached hydrogens (primary N) is 1. The van der Waals surface area contributed by atoms with Gasteiger partial charge in [0.15, 0.2) is 0 Å². The van der Waals surface area contributed by atoms with Crippen molar-refractivity contribution < 1.29 is 9.18 Å². The van der Waals surface area contributed by atoms with Crippen molar-refractivity contribution in [2.24, 2.45) is 5.41 Å². The molecule has 1 saturated carbocycles. The molecule has 4 rings (SSSR count). The van der Waals surface area contributed by atoms with E-state index >= 15 is 4.39 Å². The van der Waals surface area contributed by atoms with Crippen molar-refractivity contribution in [3.8, 4) is 17.2 Å². The third-order valence-electron chi connectivity index (χ3n) is 6.38. The van der Waals surface area contributed by atoms with Gasteiger partial charge < -0.3 is 16.0 Å². The molecule has 6 nitrogen and oxygen atoms in total. The Labute approximate surface area is 179 Å². The molecule has 0 radical (unpaired) electrons. The maximum absolute atomic E-state index is 15.4. The molecular weight excluding hydrogens is 405 g/mol. The predicted octanol–water partition coefficient (Wildman–Crippen LogP) is 4.20. The normalized spacial score (nSPS) is 24.4. The fourth-order valence-corrected chi connectivity index (χ4v) is 5.22. The number of carbonyl (C=O) groups is 1. The summed E-state index contributed by atoms with van der Waals surface area (Å²) in [6, 6.07) is 5.46. The molecule has 1 aromatic carbocycles. The highest BCUT2D eigenvalue weighted by Gasteiger charge is 2.52. The van der Waals surface area contributed by atoms with Crippen molar-refractivity contribution in [2.45, 2.75) is 31.6 Å². The molecule has 156 valence electrons. The number of carbonyl (C=O) groups excluding carboxylic acids is 1. The van der Waals surface area contributed by atoms with Crippen LogP contribution in [-0.4, -0.2) is 36.4 Å². The number of anilines is 2. The lowest BCUT2D eigenvalue weighted by Crippen LogP contribution is -2.27. The van der Waals surface area contributed by atoms with Gasteiger partial charge in [0.05, 0.1) is 22.1 Å². The lowest BCUT2D eigenvalue weighted by Gasteiger charge is -2.26. The first kappa shape index (κ1) is 20.4. The molecule has 8 heteroatoms. The molecular formula is C22H23ClFN5O. The minimum absolute atomic E-state index is 0.0684. The van der Waals surface area contributed by atoms with Crippen LogP contribution in [0, 0.1) is 22.6 Å². The van der Waals surface area contributed by atoms with E-state index in [0.29, 0.717) is 29.4 Å². The number of halogens is 2. The van der Waals surface area contributed by atoms with Crippen LogP contribution in [-0.2, 0) is 5.41 Å². The fourth-order valence-electron chi connectivity index (χ4n) is 4.77. The van der Waals surface area contributed by atoms with Gasteiger partial charge in [-0.15, -0.1) is 0 Å². The van der Waals surface area contributed by atoms with Crippen LogP contribution in [0.2, 0.25) is 5.02 Å². The molecule has 0 unspecified atom stereocenters. The summed E-state index contributed by atoms with van der Waals surface area (Å²) in [5.41, 5.74) is 6.46. The van der Waals surface area contributed by atoms with E-state index in [1.54, 1.807) is 14.1 Å². The zero-order chi connectivity index (χ0) is 21.8. The van der Waals surface area contributed by atoms with Gasteiger partial charge in [0.25, 0.3) is 5.91 Å². The number of pyridine rings is 1. The van der Waals surface area contributed by atoms with E-state index in [1.807, 2.05) is 6.92 Å². The van der Waals surface area contributed by atoms with E-state index in [1.165, 1.54) is 23.2 Å². The van der Waals surface area contributed by atoms with Crippen molar-refractivity contribution in [3.05, 3.63) is 40.3 Å². The quantitative estimate of drug-likeness (QED) is 0.700. The predicted molar refractivity (Wildman–Crippen MR) is 115 cm³/mol. The molecule has 0 bridgehead atoms. The van der Waals surface area contributed by atoms with Crippen molar-refractivity contribution in [2.75, 3.05) is 31.7 Å². The molecule has 1 aliphatic heterocycles. The first-order chi connectivity index (χ1) is 14.1. The standard InChI is InChI=1S/C22H23ClFN5O/c1-21(10-25)6-7-22(9-21)11-28-19-16(22)17(23)13(8-27-19)12-4-5-14(26)15(18(12)24)20(30)29(2)3/h4-5,8H,6-7,9,11,26H2,1-3H3,(H,27,28)/t21-,22-/m0/s1. The fraction of sp³-hybridized carbons (Fsp3) is 0.409. The molecule has 1 spiro atoms. The number of rotatable bonds is 2. The number of aromatic nitrogens is 1. The number of fused-ring (bicyclic) bond motifs is 2. The maximum atomic E-state index is 15.4. The summed E-state index contributed by atoms with van der Waals surface area (Å²) in [5.74, 6) is -0.562. The van der Waals surface area contributed by atoms with E-state index in [0.717, 1.165) is 18.4 Å². The Morgan fingerprint density at radius 3 is 2.73 bits per heavy atom. The van der Waals surface area contributed by atoms with Crippen LogP contribution >= 0.6 is 11.6 Å². The smallest absolute Gasteiger partial charge is 0.258 e. The monoisotopic (exact) mass is 427 g/mol. The average Bonchev–Trinajstić information content (AvgIpc) is 3.24. The summed E-state index contributed by atoms with van der Waals surface area (Å²) < 4.78 is 15.4. The Kier molecular flexibility index (Phi) is 4.66. The molecule has 1 aliphatic carbocycles. The lowest BCUT2D eigenvalue weighted by molar-refractivity contribution is 0.0824. The van der Waals surface area contributed by atoms with Crippen molar-refractivity contribution in [3.63, 3.8) is 0 Å². The summed E-state index contributed by atoms with van der Waals surface area (Å²) in [6.07, 6.45) is 3.75. The summed E-state index contributed by atoms with van der Waals surface area (Å²) in [7, 11) is 3.08. The van der Waals surface area contributed by atoms with Gasteiger partial charge in [-0.05, 0) is 38.3 Å². The van der Waals surface area contributed by atoms with E-state index in [-0.39, 0.29) is 22.2 Å². The highest BCUT2D eigenvalue weighted by Crippen LogP contribution is 2.57. The van der Waals surface area contributed by atoms with Gasteiger partial charge in [-0.25, -0.2) is 9.37 Å². The van der Waals surface area contributed by atoms with Crippen LogP contribution < -0.4 is 11.1 Å². The van der Waals surface area contributed by atoms with E-state index < -0.39 is 17.1 Å². The van der Waals surface area contributed by atoms with Crippen LogP contribution in [0.4, 0.5) is 15.9 Å². The zero-order valence-electron chi connectivity index (χ0n) is 17.1. The highest BCUT2D eigenvalue weighted by molar-refractivity contribution is 6.34. The third kappa shape index (κ3) is 2.90. The molecule has 2 aromatic rings. The molecule has 1 fully saturated rings. The van der Waals surface area contributed by atoms with E-state index in [2.05, 4.69) is 16.4 Å². The summed E-state index contributed by atoms with van der Waals surface area (Å²) in [5, 5.41) is 13.3. The van der Waals surface area contributed by atoms with Crippen LogP contribution in [0.5, 0.6) is 0 Å². The largest absolute Gasteiger partial charge is 0.398 e. The molecule has 1 amide bonds. The van der Waals surface area contributed by atoms with Crippen LogP contribution in [0.3, 0.4) is 0 Å². The van der Waals surface area contributed by atoms with Gasteiger partial charge in [0.1, 0.15) is 11.6 Å². The number of nitrogens with zero attached hydrogens (tertiary/aromatic N) is 3. The average molecular weight is 428 g/mol. The second-order valence-corrected chi connectivity index (χ2v) is 9.16. The first-order valence-corrected chi connectivity index (χ1v) is 10.1. The Morgan fingerprint density at radius 1 is 1.37 bits per heavy atom. The second-order valence-electron chi connectivity index (χ2n) is 8.78. The van der Waals surface area contributed by atoms with Gasteiger partial charge in [0.2, 0.25) is 0 Å². The molecule has 30 heavy (non-hydrogen) atoms. The van der Waals surface area contributed by atoms with Crippen molar-refractivity contribution >= 4 is 29.0 Å². The van der Waals surface area contributed by atoms with Gasteiger partial charge in [-0.1, -0.05) is 11.6 Å². The molecule has 3 N–H and O–H groups in total. The molecule has 2 heterocycles. The van der Waals surface area contributed by atoms with Gasteiger partial charge in [-0.2, -0.15) is 5.26 Å². The molecule has 0 saturated heterocycles. The Hall–Kier alpha value is -2.85. The number of amides is 1. The Balaban J connectivity index is 1.87. The number of nitriles is 1. The minimum Gasteiger partial charge on any atom is -0.398 e. The summed E-state index contributed by atoms with van der Waals surface area (Å²) in [6.45, 7) is 2.61. The van der Waals surface area contributed by atoms with Gasteiger partial charge in [-0.3, -0.25) is 4.79 Å². The van der Waals surface area contributed by atoms with Crippen LogP contribution in [0.15, 0.2) is 18.3 Å². The van der Waals surface area contributed by atoms with E-state index in [4.69, 9.17) is 17.3 Å². The number of benzene rings is 1. The Morgan fingerprint density at radius 2 is 2.10 bits per heavy atom. The first-order valence-electron chi connectivity index (χ1n) is 9.76. The number of hydrogen-bond acceptors (Lipinski definition) is 5. The minimum atomic E-state index is -0.717. The SMILES string of the molecule is CN(C)C(=O)c1c(N)ccc(-c2cnc3c(c2Cl)[C@]2(CC[C@](C)(C#N)C2)CN3)c1F. The zero-order valence-corrected chi connectivity index (χ0v) is 17.9. The van der Waals surface area contributed by atoms with Crippen LogP contribution in [0.25, 0.3) is 11.1 Å². The lowest BCUT2D eigenvalue weighted by atomic mass is 9.77. The highest BCUT2D eigenvalue weighted by atomic mass is 35.5. The summed E-state index contributed by atoms with van der Waals surface area (Å²) >= 11 is 6.84.